The average Bonchev–Trinajstić information content (AvgIpc) is 3.21. The number of para-hydroxylation sites is 1. The molecule has 0 bridgehead atoms. The van der Waals surface area contributed by atoms with Gasteiger partial charge in [0.05, 0.1) is 10.8 Å². The Morgan fingerprint density at radius 3 is 2.61 bits per heavy atom. The van der Waals surface area contributed by atoms with Gasteiger partial charge in [-0.05, 0) is 66.6 Å². The highest BCUT2D eigenvalue weighted by Gasteiger charge is 2.47. The molecule has 4 atom stereocenters. The highest BCUT2D eigenvalue weighted by atomic mass is 127. The fourth-order valence-electron chi connectivity index (χ4n) is 4.12. The summed E-state index contributed by atoms with van der Waals surface area (Å²) in [5, 5.41) is 9.37. The van der Waals surface area contributed by atoms with Crippen LogP contribution in [-0.2, 0) is 14.8 Å². The lowest BCUT2D eigenvalue weighted by Gasteiger charge is -2.20. The Hall–Kier alpha value is -1.65. The van der Waals surface area contributed by atoms with Gasteiger partial charge in [0.1, 0.15) is 11.9 Å². The first-order valence-electron chi connectivity index (χ1n) is 9.08. The molecule has 0 aromatic heterocycles. The van der Waals surface area contributed by atoms with E-state index in [0.29, 0.717) is 17.7 Å². The predicted octanol–water partition coefficient (Wildman–Crippen LogP) is 3.46. The van der Waals surface area contributed by atoms with Gasteiger partial charge in [-0.15, -0.1) is 0 Å². The summed E-state index contributed by atoms with van der Waals surface area (Å²) in [6.45, 7) is 1.63. The molecule has 148 valence electrons. The molecule has 8 heteroatoms. The number of hydrogen-bond acceptors (Lipinski definition) is 4. The zero-order valence-electron chi connectivity index (χ0n) is 15.1. The molecule has 0 radical (unpaired) electrons. The molecule has 4 rings (SSSR count). The number of rotatable bonds is 5. The van der Waals surface area contributed by atoms with Gasteiger partial charge in [0.25, 0.3) is 0 Å². The number of sulfonamides is 1. The maximum absolute atomic E-state index is 12.8. The van der Waals surface area contributed by atoms with E-state index in [-0.39, 0.29) is 23.0 Å². The van der Waals surface area contributed by atoms with Crippen molar-refractivity contribution in [3.8, 4) is 5.75 Å². The molecule has 1 aliphatic heterocycles. The molecule has 0 saturated heterocycles. The Balaban J connectivity index is 1.64. The molecule has 6 nitrogen and oxygen atoms in total. The van der Waals surface area contributed by atoms with E-state index in [1.54, 1.807) is 37.3 Å². The minimum atomic E-state index is -3.64. The van der Waals surface area contributed by atoms with Gasteiger partial charge in [-0.1, -0.05) is 18.2 Å². The maximum atomic E-state index is 12.8. The molecule has 2 aliphatic rings. The van der Waals surface area contributed by atoms with Gasteiger partial charge in [-0.3, -0.25) is 4.79 Å². The van der Waals surface area contributed by atoms with Crippen molar-refractivity contribution in [3.05, 3.63) is 57.2 Å². The monoisotopic (exact) mass is 513 g/mol. The van der Waals surface area contributed by atoms with Gasteiger partial charge in [0.15, 0.2) is 0 Å². The third kappa shape index (κ3) is 3.42. The van der Waals surface area contributed by atoms with Crippen LogP contribution < -0.4 is 9.46 Å². The van der Waals surface area contributed by atoms with E-state index in [4.69, 9.17) is 4.74 Å². The highest BCUT2D eigenvalue weighted by molar-refractivity contribution is 14.1. The predicted molar refractivity (Wildman–Crippen MR) is 112 cm³/mol. The minimum Gasteiger partial charge on any atom is -0.489 e. The fraction of sp³-hybridized carbons (Fsp3) is 0.350. The van der Waals surface area contributed by atoms with Crippen LogP contribution >= 0.6 is 22.6 Å². The number of hydrogen-bond donors (Lipinski definition) is 2. The van der Waals surface area contributed by atoms with Crippen molar-refractivity contribution in [2.45, 2.75) is 48.6 Å². The van der Waals surface area contributed by atoms with Crippen LogP contribution in [0.4, 0.5) is 0 Å². The Morgan fingerprint density at radius 2 is 1.93 bits per heavy atom. The number of fused-ring (bicyclic) bond motifs is 3. The quantitative estimate of drug-likeness (QED) is 0.598. The van der Waals surface area contributed by atoms with Gasteiger partial charge in [0, 0.05) is 26.7 Å². The zero-order chi connectivity index (χ0) is 20.1. The Morgan fingerprint density at radius 1 is 1.21 bits per heavy atom. The molecule has 1 aliphatic carbocycles. The van der Waals surface area contributed by atoms with E-state index in [9.17, 15) is 18.3 Å². The SMILES string of the molecule is CC(C(=O)O)c1cccc2c1OC1CCC(NS(=O)(=O)c3ccc(I)cc3)C21. The molecule has 28 heavy (non-hydrogen) atoms. The first-order valence-corrected chi connectivity index (χ1v) is 11.6. The number of ether oxygens (including phenoxy) is 1. The number of aliphatic carboxylic acids is 1. The molecular formula is C20H20INO5S. The summed E-state index contributed by atoms with van der Waals surface area (Å²) in [6, 6.07) is 11.9. The largest absolute Gasteiger partial charge is 0.489 e. The highest BCUT2D eigenvalue weighted by Crippen LogP contribution is 2.50. The second-order valence-electron chi connectivity index (χ2n) is 7.27. The second kappa shape index (κ2) is 7.31. The summed E-state index contributed by atoms with van der Waals surface area (Å²) in [5.41, 5.74) is 1.53. The van der Waals surface area contributed by atoms with Crippen molar-refractivity contribution in [2.75, 3.05) is 0 Å². The van der Waals surface area contributed by atoms with Crippen LogP contribution in [0.15, 0.2) is 47.4 Å². The van der Waals surface area contributed by atoms with Crippen molar-refractivity contribution in [1.29, 1.82) is 0 Å². The summed E-state index contributed by atoms with van der Waals surface area (Å²) >= 11 is 2.13. The third-order valence-electron chi connectivity index (χ3n) is 5.57. The lowest BCUT2D eigenvalue weighted by atomic mass is 9.90. The number of halogens is 1. The average molecular weight is 513 g/mol. The lowest BCUT2D eigenvalue weighted by molar-refractivity contribution is -0.138. The number of carbonyl (C=O) groups is 1. The van der Waals surface area contributed by atoms with Crippen molar-refractivity contribution in [2.24, 2.45) is 0 Å². The van der Waals surface area contributed by atoms with Gasteiger partial charge >= 0.3 is 5.97 Å². The van der Waals surface area contributed by atoms with Crippen LogP contribution in [0.2, 0.25) is 0 Å². The van der Waals surface area contributed by atoms with Crippen molar-refractivity contribution >= 4 is 38.6 Å². The molecule has 1 saturated carbocycles. The number of carboxylic acid groups (broad SMARTS) is 1. The molecule has 0 spiro atoms. The van der Waals surface area contributed by atoms with Gasteiger partial charge in [0.2, 0.25) is 10.0 Å². The van der Waals surface area contributed by atoms with E-state index < -0.39 is 21.9 Å². The van der Waals surface area contributed by atoms with Gasteiger partial charge < -0.3 is 9.84 Å². The molecule has 2 aromatic carbocycles. The van der Waals surface area contributed by atoms with Crippen molar-refractivity contribution in [3.63, 3.8) is 0 Å². The van der Waals surface area contributed by atoms with Crippen LogP contribution in [0, 0.1) is 3.57 Å². The van der Waals surface area contributed by atoms with Crippen LogP contribution in [0.3, 0.4) is 0 Å². The Labute approximate surface area is 177 Å². The summed E-state index contributed by atoms with van der Waals surface area (Å²) < 4.78 is 35.6. The standard InChI is InChI=1S/C20H20INO5S/c1-11(20(23)24)14-3-2-4-15-18-16(9-10-17(18)27-19(14)15)22-28(25,26)13-7-5-12(21)6-8-13/h2-8,11,16-18,22H,9-10H2,1H3,(H,23,24). The topological polar surface area (TPSA) is 92.7 Å². The second-order valence-corrected chi connectivity index (χ2v) is 10.2. The van der Waals surface area contributed by atoms with Crippen molar-refractivity contribution in [1.82, 2.24) is 4.72 Å². The van der Waals surface area contributed by atoms with Gasteiger partial charge in [-0.2, -0.15) is 0 Å². The third-order valence-corrected chi connectivity index (χ3v) is 7.79. The van der Waals surface area contributed by atoms with E-state index in [2.05, 4.69) is 27.3 Å². The Kier molecular flexibility index (Phi) is 5.13. The maximum Gasteiger partial charge on any atom is 0.310 e. The first kappa shape index (κ1) is 19.7. The molecule has 4 unspecified atom stereocenters. The van der Waals surface area contributed by atoms with Crippen LogP contribution in [0.5, 0.6) is 5.75 Å². The number of nitrogens with one attached hydrogen (secondary N) is 1. The van der Waals surface area contributed by atoms with Crippen LogP contribution in [0.25, 0.3) is 0 Å². The fourth-order valence-corrected chi connectivity index (χ4v) is 5.78. The molecule has 1 fully saturated rings. The minimum absolute atomic E-state index is 0.116. The zero-order valence-corrected chi connectivity index (χ0v) is 18.1. The summed E-state index contributed by atoms with van der Waals surface area (Å²) in [4.78, 5) is 11.7. The van der Waals surface area contributed by atoms with Crippen molar-refractivity contribution < 1.29 is 23.1 Å². The molecule has 2 aromatic rings. The Bertz CT molecular complexity index is 1020. The number of carboxylic acids is 1. The lowest BCUT2D eigenvalue weighted by Crippen LogP contribution is -2.37. The van der Waals surface area contributed by atoms with Crippen LogP contribution in [0.1, 0.15) is 42.7 Å². The smallest absolute Gasteiger partial charge is 0.310 e. The summed E-state index contributed by atoms with van der Waals surface area (Å²) in [5.74, 6) is -1.11. The molecular weight excluding hydrogens is 493 g/mol. The molecule has 0 amide bonds. The first-order chi connectivity index (χ1) is 13.3. The summed E-state index contributed by atoms with van der Waals surface area (Å²) in [6.07, 6.45) is 1.26. The van der Waals surface area contributed by atoms with Gasteiger partial charge in [-0.25, -0.2) is 13.1 Å². The van der Waals surface area contributed by atoms with E-state index in [1.807, 2.05) is 12.1 Å². The molecule has 1 heterocycles. The number of benzene rings is 2. The van der Waals surface area contributed by atoms with Crippen LogP contribution in [-0.4, -0.2) is 31.6 Å². The molecule has 2 N–H and O–H groups in total. The normalized spacial score (nSPS) is 24.3. The van der Waals surface area contributed by atoms with E-state index in [1.165, 1.54) is 0 Å². The van der Waals surface area contributed by atoms with E-state index >= 15 is 0 Å². The van der Waals surface area contributed by atoms with E-state index in [0.717, 1.165) is 15.6 Å². The summed E-state index contributed by atoms with van der Waals surface area (Å²) in [7, 11) is -3.64.